The van der Waals surface area contributed by atoms with Gasteiger partial charge in [-0.15, -0.1) is 0 Å². The van der Waals surface area contributed by atoms with Crippen LogP contribution in [0, 0.1) is 5.92 Å². The number of rotatable bonds is 13. The van der Waals surface area contributed by atoms with Crippen LogP contribution in [0.2, 0.25) is 0 Å². The van der Waals surface area contributed by atoms with Gasteiger partial charge in [-0.05, 0) is 24.5 Å². The van der Waals surface area contributed by atoms with Crippen LogP contribution >= 0.6 is 0 Å². The predicted octanol–water partition coefficient (Wildman–Crippen LogP) is 2.97. The number of hydrogen-bond acceptors (Lipinski definition) is 6. The van der Waals surface area contributed by atoms with E-state index in [1.54, 1.807) is 0 Å². The third kappa shape index (κ3) is 8.77. The summed E-state index contributed by atoms with van der Waals surface area (Å²) in [5.74, 6) is -0.0912. The standard InChI is InChI=1S/C24H37N3O5/c1-4-5-6-7-13-31-20-10-8-9-19(14-20)26-16-22(28)27-12-11-25-24(30)21(27)15-23(29)32-17-18(2)3/h8-10,14,18,21,26H,4-7,11-13,15-17H2,1-3H3,(H,25,30). The Balaban J connectivity index is 1.87. The second-order valence-corrected chi connectivity index (χ2v) is 8.47. The Morgan fingerprint density at radius 3 is 2.81 bits per heavy atom. The van der Waals surface area contributed by atoms with Crippen molar-refractivity contribution in [1.29, 1.82) is 0 Å². The number of esters is 1. The first-order valence-electron chi connectivity index (χ1n) is 11.6. The van der Waals surface area contributed by atoms with Crippen molar-refractivity contribution in [2.45, 2.75) is 58.9 Å². The number of anilines is 1. The summed E-state index contributed by atoms with van der Waals surface area (Å²) in [5.41, 5.74) is 0.763. The molecule has 1 fully saturated rings. The van der Waals surface area contributed by atoms with E-state index in [1.807, 2.05) is 38.1 Å². The lowest BCUT2D eigenvalue weighted by Crippen LogP contribution is -2.58. The number of nitrogens with zero attached hydrogens (tertiary/aromatic N) is 1. The Hall–Kier alpha value is -2.77. The van der Waals surface area contributed by atoms with Gasteiger partial charge in [-0.3, -0.25) is 14.4 Å². The summed E-state index contributed by atoms with van der Waals surface area (Å²) in [6, 6.07) is 6.63. The van der Waals surface area contributed by atoms with Gasteiger partial charge in [-0.1, -0.05) is 46.1 Å². The van der Waals surface area contributed by atoms with Gasteiger partial charge in [0.1, 0.15) is 11.8 Å². The van der Waals surface area contributed by atoms with E-state index in [0.29, 0.717) is 26.3 Å². The third-order valence-corrected chi connectivity index (χ3v) is 5.13. The van der Waals surface area contributed by atoms with Crippen molar-refractivity contribution in [3.05, 3.63) is 24.3 Å². The lowest BCUT2D eigenvalue weighted by atomic mass is 10.1. The molecule has 8 nitrogen and oxygen atoms in total. The summed E-state index contributed by atoms with van der Waals surface area (Å²) in [6.45, 7) is 7.75. The van der Waals surface area contributed by atoms with Crippen LogP contribution in [0.3, 0.4) is 0 Å². The summed E-state index contributed by atoms with van der Waals surface area (Å²) < 4.78 is 11.0. The lowest BCUT2D eigenvalue weighted by Gasteiger charge is -2.34. The molecule has 1 aliphatic rings. The molecule has 2 N–H and O–H groups in total. The molecular weight excluding hydrogens is 410 g/mol. The second kappa shape index (κ2) is 13.6. The number of benzene rings is 1. The van der Waals surface area contributed by atoms with Crippen LogP contribution in [0.4, 0.5) is 5.69 Å². The van der Waals surface area contributed by atoms with E-state index in [1.165, 1.54) is 17.7 Å². The first-order chi connectivity index (χ1) is 15.4. The molecule has 1 atom stereocenters. The fourth-order valence-corrected chi connectivity index (χ4v) is 3.39. The molecule has 1 aliphatic heterocycles. The average Bonchev–Trinajstić information content (AvgIpc) is 2.77. The summed E-state index contributed by atoms with van der Waals surface area (Å²) in [4.78, 5) is 38.7. The van der Waals surface area contributed by atoms with Crippen LogP contribution < -0.4 is 15.4 Å². The van der Waals surface area contributed by atoms with Gasteiger partial charge in [0.15, 0.2) is 0 Å². The molecular formula is C24H37N3O5. The van der Waals surface area contributed by atoms with Crippen LogP contribution in [0.1, 0.15) is 52.9 Å². The molecule has 1 saturated heterocycles. The zero-order valence-electron chi connectivity index (χ0n) is 19.5. The van der Waals surface area contributed by atoms with Crippen LogP contribution in [0.15, 0.2) is 24.3 Å². The highest BCUT2D eigenvalue weighted by molar-refractivity contribution is 5.93. The van der Waals surface area contributed by atoms with Crippen molar-refractivity contribution in [2.24, 2.45) is 5.92 Å². The Labute approximate surface area is 191 Å². The van der Waals surface area contributed by atoms with Crippen LogP contribution in [-0.2, 0) is 19.1 Å². The monoisotopic (exact) mass is 447 g/mol. The van der Waals surface area contributed by atoms with E-state index < -0.39 is 12.0 Å². The molecule has 1 aromatic carbocycles. The van der Waals surface area contributed by atoms with Crippen LogP contribution in [0.5, 0.6) is 5.75 Å². The van der Waals surface area contributed by atoms with E-state index >= 15 is 0 Å². The Kier molecular flexibility index (Phi) is 10.8. The molecule has 0 spiro atoms. The first kappa shape index (κ1) is 25.5. The molecule has 32 heavy (non-hydrogen) atoms. The molecule has 1 heterocycles. The van der Waals surface area contributed by atoms with E-state index in [0.717, 1.165) is 24.3 Å². The summed E-state index contributed by atoms with van der Waals surface area (Å²) in [7, 11) is 0. The summed E-state index contributed by atoms with van der Waals surface area (Å²) in [6.07, 6.45) is 4.41. The number of carbonyl (C=O) groups excluding carboxylic acids is 3. The smallest absolute Gasteiger partial charge is 0.308 e. The van der Waals surface area contributed by atoms with Gasteiger partial charge in [0.25, 0.3) is 0 Å². The largest absolute Gasteiger partial charge is 0.494 e. The van der Waals surface area contributed by atoms with Crippen molar-refractivity contribution in [3.63, 3.8) is 0 Å². The number of unbranched alkanes of at least 4 members (excludes halogenated alkanes) is 3. The SMILES string of the molecule is CCCCCCOc1cccc(NCC(=O)N2CCNC(=O)C2CC(=O)OCC(C)C)c1. The van der Waals surface area contributed by atoms with Crippen molar-refractivity contribution in [2.75, 3.05) is 38.2 Å². The maximum atomic E-state index is 12.8. The molecule has 2 amide bonds. The Bertz CT molecular complexity index is 753. The topological polar surface area (TPSA) is 97.0 Å². The Morgan fingerprint density at radius 2 is 2.06 bits per heavy atom. The van der Waals surface area contributed by atoms with Gasteiger partial charge in [-0.25, -0.2) is 0 Å². The number of nitrogens with one attached hydrogen (secondary N) is 2. The molecule has 1 unspecified atom stereocenters. The predicted molar refractivity (Wildman–Crippen MR) is 123 cm³/mol. The van der Waals surface area contributed by atoms with E-state index in [9.17, 15) is 14.4 Å². The highest BCUT2D eigenvalue weighted by Gasteiger charge is 2.35. The molecule has 1 aromatic rings. The van der Waals surface area contributed by atoms with Gasteiger partial charge < -0.3 is 25.0 Å². The summed E-state index contributed by atoms with van der Waals surface area (Å²) in [5, 5.41) is 5.83. The van der Waals surface area contributed by atoms with Gasteiger partial charge in [-0.2, -0.15) is 0 Å². The fourth-order valence-electron chi connectivity index (χ4n) is 3.39. The van der Waals surface area contributed by atoms with Gasteiger partial charge >= 0.3 is 5.97 Å². The van der Waals surface area contributed by atoms with E-state index in [4.69, 9.17) is 9.47 Å². The maximum Gasteiger partial charge on any atom is 0.308 e. The van der Waals surface area contributed by atoms with Crippen LogP contribution in [-0.4, -0.2) is 61.6 Å². The molecule has 178 valence electrons. The molecule has 0 saturated carbocycles. The number of carbonyl (C=O) groups is 3. The third-order valence-electron chi connectivity index (χ3n) is 5.13. The molecule has 0 aromatic heterocycles. The van der Waals surface area contributed by atoms with E-state index in [2.05, 4.69) is 17.6 Å². The number of piperazine rings is 1. The molecule has 8 heteroatoms. The number of amides is 2. The fraction of sp³-hybridized carbons (Fsp3) is 0.625. The van der Waals surface area contributed by atoms with Crippen molar-refractivity contribution >= 4 is 23.5 Å². The quantitative estimate of drug-likeness (QED) is 0.356. The van der Waals surface area contributed by atoms with Gasteiger partial charge in [0.2, 0.25) is 11.8 Å². The number of ether oxygens (including phenoxy) is 2. The minimum atomic E-state index is -0.851. The minimum Gasteiger partial charge on any atom is -0.494 e. The second-order valence-electron chi connectivity index (χ2n) is 8.47. The highest BCUT2D eigenvalue weighted by Crippen LogP contribution is 2.18. The van der Waals surface area contributed by atoms with Crippen LogP contribution in [0.25, 0.3) is 0 Å². The van der Waals surface area contributed by atoms with E-state index in [-0.39, 0.29) is 30.7 Å². The van der Waals surface area contributed by atoms with Crippen molar-refractivity contribution in [1.82, 2.24) is 10.2 Å². The highest BCUT2D eigenvalue weighted by atomic mass is 16.5. The molecule has 2 rings (SSSR count). The van der Waals surface area contributed by atoms with Crippen molar-refractivity contribution < 1.29 is 23.9 Å². The minimum absolute atomic E-state index is 0.0186. The molecule has 0 aliphatic carbocycles. The normalized spacial score (nSPS) is 15.9. The average molecular weight is 448 g/mol. The first-order valence-corrected chi connectivity index (χ1v) is 11.6. The maximum absolute atomic E-state index is 12.8. The Morgan fingerprint density at radius 1 is 1.25 bits per heavy atom. The van der Waals surface area contributed by atoms with Gasteiger partial charge in [0.05, 0.1) is 26.2 Å². The summed E-state index contributed by atoms with van der Waals surface area (Å²) >= 11 is 0. The lowest BCUT2D eigenvalue weighted by molar-refractivity contribution is -0.152. The number of hydrogen-bond donors (Lipinski definition) is 2. The van der Waals surface area contributed by atoms with Gasteiger partial charge in [0, 0.05) is 24.8 Å². The zero-order chi connectivity index (χ0) is 23.3. The van der Waals surface area contributed by atoms with Crippen molar-refractivity contribution in [3.8, 4) is 5.75 Å². The zero-order valence-corrected chi connectivity index (χ0v) is 19.5. The molecule has 0 bridgehead atoms. The molecule has 0 radical (unpaired) electrons.